The minimum absolute atomic E-state index is 0.131. The van der Waals surface area contributed by atoms with Crippen molar-refractivity contribution in [2.75, 3.05) is 11.9 Å². The summed E-state index contributed by atoms with van der Waals surface area (Å²) in [5, 5.41) is 5.80. The molecule has 25 heavy (non-hydrogen) atoms. The molecule has 0 unspecified atom stereocenters. The number of rotatable bonds is 6. The van der Waals surface area contributed by atoms with Gasteiger partial charge in [-0.15, -0.1) is 0 Å². The average Bonchev–Trinajstić information content (AvgIpc) is 2.55. The van der Waals surface area contributed by atoms with Crippen molar-refractivity contribution in [2.24, 2.45) is 0 Å². The van der Waals surface area contributed by atoms with E-state index in [0.717, 1.165) is 11.4 Å². The first-order valence-corrected chi connectivity index (χ1v) is 8.65. The van der Waals surface area contributed by atoms with E-state index < -0.39 is 0 Å². The van der Waals surface area contributed by atoms with Crippen LogP contribution in [-0.2, 0) is 5.41 Å². The minimum atomic E-state index is -0.210. The van der Waals surface area contributed by atoms with Gasteiger partial charge in [0.05, 0.1) is 6.10 Å². The van der Waals surface area contributed by atoms with E-state index in [1.165, 1.54) is 11.1 Å². The van der Waals surface area contributed by atoms with E-state index in [-0.39, 0.29) is 17.6 Å². The van der Waals surface area contributed by atoms with Crippen LogP contribution in [0.4, 0.5) is 10.5 Å². The molecule has 0 atom stereocenters. The number of aryl methyl sites for hydroxylation is 1. The predicted molar refractivity (Wildman–Crippen MR) is 103 cm³/mol. The number of nitrogens with one attached hydrogen (secondary N) is 2. The summed E-state index contributed by atoms with van der Waals surface area (Å²) in [4.78, 5) is 12.2. The van der Waals surface area contributed by atoms with Crippen molar-refractivity contribution in [1.29, 1.82) is 0 Å². The van der Waals surface area contributed by atoms with Gasteiger partial charge in [-0.1, -0.05) is 43.7 Å². The molecule has 2 rings (SSSR count). The van der Waals surface area contributed by atoms with Crippen LogP contribution < -0.4 is 15.4 Å². The quantitative estimate of drug-likeness (QED) is 0.787. The SMILES string of the molecule is Cc1ccc(C(C)(C)CNC(=O)Nc2ccc(OC(C)C)cc2)cc1. The lowest BCUT2D eigenvalue weighted by Gasteiger charge is -2.26. The zero-order valence-electron chi connectivity index (χ0n) is 15.7. The summed E-state index contributed by atoms with van der Waals surface area (Å²) in [6, 6.07) is 15.6. The van der Waals surface area contributed by atoms with Crippen molar-refractivity contribution in [2.45, 2.75) is 46.1 Å². The molecule has 0 saturated carbocycles. The fourth-order valence-corrected chi connectivity index (χ4v) is 2.47. The molecule has 0 aromatic heterocycles. The Kier molecular flexibility index (Phi) is 6.07. The molecule has 2 amide bonds. The highest BCUT2D eigenvalue weighted by Gasteiger charge is 2.21. The minimum Gasteiger partial charge on any atom is -0.491 e. The molecule has 134 valence electrons. The molecule has 0 aliphatic rings. The highest BCUT2D eigenvalue weighted by Crippen LogP contribution is 2.22. The Bertz CT molecular complexity index is 689. The molecule has 0 aliphatic carbocycles. The van der Waals surface area contributed by atoms with Crippen LogP contribution in [0.1, 0.15) is 38.8 Å². The van der Waals surface area contributed by atoms with Crippen molar-refractivity contribution in [3.63, 3.8) is 0 Å². The van der Waals surface area contributed by atoms with Crippen molar-refractivity contribution in [1.82, 2.24) is 5.32 Å². The van der Waals surface area contributed by atoms with Crippen LogP contribution in [0.15, 0.2) is 48.5 Å². The third kappa shape index (κ3) is 5.82. The van der Waals surface area contributed by atoms with Gasteiger partial charge in [0, 0.05) is 17.6 Å². The van der Waals surface area contributed by atoms with Gasteiger partial charge in [0.15, 0.2) is 0 Å². The summed E-state index contributed by atoms with van der Waals surface area (Å²) >= 11 is 0. The molecule has 0 heterocycles. The number of ether oxygens (including phenoxy) is 1. The summed E-state index contributed by atoms with van der Waals surface area (Å²) in [5.74, 6) is 0.793. The normalized spacial score (nSPS) is 11.3. The number of carbonyl (C=O) groups excluding carboxylic acids is 1. The second-order valence-electron chi connectivity index (χ2n) is 7.25. The van der Waals surface area contributed by atoms with Crippen LogP contribution in [0, 0.1) is 6.92 Å². The molecule has 0 aliphatic heterocycles. The topological polar surface area (TPSA) is 50.4 Å². The summed E-state index contributed by atoms with van der Waals surface area (Å²) in [5.41, 5.74) is 3.03. The average molecular weight is 340 g/mol. The Balaban J connectivity index is 1.88. The van der Waals surface area contributed by atoms with Gasteiger partial charge in [0.25, 0.3) is 0 Å². The zero-order valence-corrected chi connectivity index (χ0v) is 15.7. The Labute approximate surface area is 150 Å². The van der Waals surface area contributed by atoms with E-state index in [1.54, 1.807) is 0 Å². The van der Waals surface area contributed by atoms with Crippen molar-refractivity contribution in [3.05, 3.63) is 59.7 Å². The molecule has 2 aromatic rings. The van der Waals surface area contributed by atoms with Crippen LogP contribution in [0.2, 0.25) is 0 Å². The van der Waals surface area contributed by atoms with E-state index in [9.17, 15) is 4.79 Å². The van der Waals surface area contributed by atoms with Gasteiger partial charge in [-0.3, -0.25) is 0 Å². The lowest BCUT2D eigenvalue weighted by molar-refractivity contribution is 0.242. The smallest absolute Gasteiger partial charge is 0.319 e. The second-order valence-corrected chi connectivity index (χ2v) is 7.25. The van der Waals surface area contributed by atoms with Crippen LogP contribution in [0.3, 0.4) is 0 Å². The van der Waals surface area contributed by atoms with Crippen molar-refractivity contribution >= 4 is 11.7 Å². The summed E-state index contributed by atoms with van der Waals surface area (Å²) in [7, 11) is 0. The lowest BCUT2D eigenvalue weighted by Crippen LogP contribution is -2.38. The first kappa shape index (κ1) is 18.8. The fourth-order valence-electron chi connectivity index (χ4n) is 2.47. The van der Waals surface area contributed by atoms with Gasteiger partial charge in [-0.25, -0.2) is 4.79 Å². The molecule has 0 bridgehead atoms. The standard InChI is InChI=1S/C21H28N2O2/c1-15(2)25-19-12-10-18(11-13-19)23-20(24)22-14-21(4,5)17-8-6-16(3)7-9-17/h6-13,15H,14H2,1-5H3,(H2,22,23,24). The van der Waals surface area contributed by atoms with Gasteiger partial charge < -0.3 is 15.4 Å². The van der Waals surface area contributed by atoms with E-state index in [2.05, 4.69) is 55.7 Å². The highest BCUT2D eigenvalue weighted by molar-refractivity contribution is 5.89. The van der Waals surface area contributed by atoms with Crippen LogP contribution >= 0.6 is 0 Å². The number of hydrogen-bond donors (Lipinski definition) is 2. The number of urea groups is 1. The molecular formula is C21H28N2O2. The highest BCUT2D eigenvalue weighted by atomic mass is 16.5. The van der Waals surface area contributed by atoms with Gasteiger partial charge in [0.1, 0.15) is 5.75 Å². The summed E-state index contributed by atoms with van der Waals surface area (Å²) in [6.07, 6.45) is 0.131. The molecule has 0 fully saturated rings. The Morgan fingerprint density at radius 2 is 1.64 bits per heavy atom. The van der Waals surface area contributed by atoms with Gasteiger partial charge >= 0.3 is 6.03 Å². The number of amides is 2. The third-order valence-corrected chi connectivity index (χ3v) is 4.01. The Morgan fingerprint density at radius 1 is 1.04 bits per heavy atom. The van der Waals surface area contributed by atoms with Crippen molar-refractivity contribution in [3.8, 4) is 5.75 Å². The fraction of sp³-hybridized carbons (Fsp3) is 0.381. The molecule has 2 N–H and O–H groups in total. The summed E-state index contributed by atoms with van der Waals surface area (Å²) in [6.45, 7) is 10.8. The first-order valence-electron chi connectivity index (χ1n) is 8.65. The molecule has 0 spiro atoms. The molecular weight excluding hydrogens is 312 g/mol. The van der Waals surface area contributed by atoms with Gasteiger partial charge in [-0.05, 0) is 50.6 Å². The second kappa shape index (κ2) is 8.06. The van der Waals surface area contributed by atoms with Gasteiger partial charge in [0.2, 0.25) is 0 Å². The van der Waals surface area contributed by atoms with Gasteiger partial charge in [-0.2, -0.15) is 0 Å². The zero-order chi connectivity index (χ0) is 18.4. The van der Waals surface area contributed by atoms with Crippen molar-refractivity contribution < 1.29 is 9.53 Å². The van der Waals surface area contributed by atoms with Crippen LogP contribution in [0.25, 0.3) is 0 Å². The maximum atomic E-state index is 12.2. The number of anilines is 1. The summed E-state index contributed by atoms with van der Waals surface area (Å²) < 4.78 is 5.60. The molecule has 4 nitrogen and oxygen atoms in total. The van der Waals surface area contributed by atoms with E-state index >= 15 is 0 Å². The number of hydrogen-bond acceptors (Lipinski definition) is 2. The molecule has 4 heteroatoms. The van der Waals surface area contributed by atoms with Crippen LogP contribution in [0.5, 0.6) is 5.75 Å². The maximum Gasteiger partial charge on any atom is 0.319 e. The van der Waals surface area contributed by atoms with Crippen LogP contribution in [-0.4, -0.2) is 18.7 Å². The molecule has 0 radical (unpaired) electrons. The Morgan fingerprint density at radius 3 is 2.20 bits per heavy atom. The molecule has 2 aromatic carbocycles. The Hall–Kier alpha value is -2.49. The lowest BCUT2D eigenvalue weighted by atomic mass is 9.84. The number of carbonyl (C=O) groups is 1. The largest absolute Gasteiger partial charge is 0.491 e. The first-order chi connectivity index (χ1) is 11.8. The van der Waals surface area contributed by atoms with E-state index in [0.29, 0.717) is 6.54 Å². The van der Waals surface area contributed by atoms with E-state index in [4.69, 9.17) is 4.74 Å². The maximum absolute atomic E-state index is 12.2. The monoisotopic (exact) mass is 340 g/mol. The number of benzene rings is 2. The molecule has 0 saturated heterocycles. The third-order valence-electron chi connectivity index (χ3n) is 4.01. The van der Waals surface area contributed by atoms with E-state index in [1.807, 2.05) is 38.1 Å². The predicted octanol–water partition coefficient (Wildman–Crippen LogP) is 4.88.